The van der Waals surface area contributed by atoms with E-state index in [9.17, 15) is 4.79 Å². The van der Waals surface area contributed by atoms with Crippen LogP contribution in [-0.2, 0) is 9.53 Å². The maximum atomic E-state index is 11.7. The van der Waals surface area contributed by atoms with Crippen molar-refractivity contribution in [3.8, 4) is 0 Å². The molecule has 2 fully saturated rings. The Hall–Kier alpha value is -0.610. The monoisotopic (exact) mass is 240 g/mol. The van der Waals surface area contributed by atoms with E-state index in [2.05, 4.69) is 19.2 Å². The van der Waals surface area contributed by atoms with E-state index in [4.69, 9.17) is 4.74 Å². The molecule has 0 aromatic heterocycles. The normalized spacial score (nSPS) is 35.1. The number of carbonyl (C=O) groups excluding carboxylic acids is 1. The van der Waals surface area contributed by atoms with E-state index in [1.807, 2.05) is 4.90 Å². The summed E-state index contributed by atoms with van der Waals surface area (Å²) in [5.41, 5.74) is -0.156. The van der Waals surface area contributed by atoms with Crippen LogP contribution in [0.3, 0.4) is 0 Å². The first-order valence-electron chi connectivity index (χ1n) is 6.78. The third-order valence-electron chi connectivity index (χ3n) is 4.04. The summed E-state index contributed by atoms with van der Waals surface area (Å²) in [6.07, 6.45) is 3.44. The summed E-state index contributed by atoms with van der Waals surface area (Å²) in [7, 11) is 0. The van der Waals surface area contributed by atoms with Crippen LogP contribution in [0.1, 0.15) is 33.1 Å². The lowest BCUT2D eigenvalue weighted by Crippen LogP contribution is -2.59. The number of amides is 1. The van der Waals surface area contributed by atoms with Crippen LogP contribution in [0.5, 0.6) is 0 Å². The van der Waals surface area contributed by atoms with Gasteiger partial charge in [0, 0.05) is 25.6 Å². The van der Waals surface area contributed by atoms with E-state index in [1.165, 1.54) is 12.8 Å². The molecule has 0 aliphatic carbocycles. The molecule has 4 nitrogen and oxygen atoms in total. The molecule has 0 bridgehead atoms. The first-order valence-corrected chi connectivity index (χ1v) is 6.78. The molecule has 2 rings (SSSR count). The highest BCUT2D eigenvalue weighted by Gasteiger charge is 2.42. The summed E-state index contributed by atoms with van der Waals surface area (Å²) in [6.45, 7) is 8.29. The van der Waals surface area contributed by atoms with Crippen LogP contribution in [0.15, 0.2) is 0 Å². The molecule has 2 heterocycles. The zero-order valence-corrected chi connectivity index (χ0v) is 11.0. The van der Waals surface area contributed by atoms with E-state index in [0.29, 0.717) is 5.92 Å². The van der Waals surface area contributed by atoms with Gasteiger partial charge in [-0.05, 0) is 32.7 Å². The number of piperidine rings is 1. The Morgan fingerprint density at radius 1 is 1.59 bits per heavy atom. The highest BCUT2D eigenvalue weighted by molar-refractivity contribution is 5.78. The number of rotatable bonds is 3. The fourth-order valence-corrected chi connectivity index (χ4v) is 2.92. The van der Waals surface area contributed by atoms with Gasteiger partial charge in [-0.25, -0.2) is 0 Å². The van der Waals surface area contributed by atoms with Crippen LogP contribution in [-0.4, -0.2) is 49.2 Å². The second-order valence-corrected chi connectivity index (χ2v) is 5.46. The average molecular weight is 240 g/mol. The largest absolute Gasteiger partial charge is 0.363 e. The van der Waals surface area contributed by atoms with Gasteiger partial charge in [0.15, 0.2) is 0 Å². The Bertz CT molecular complexity index is 277. The van der Waals surface area contributed by atoms with E-state index >= 15 is 0 Å². The standard InChI is InChI=1S/C13H24N2O2/c1-3-7-15-10-13(2,17-9-12(15)16)11-5-4-6-14-8-11/h11,14H,3-10H2,1-2H3. The van der Waals surface area contributed by atoms with Crippen LogP contribution >= 0.6 is 0 Å². The van der Waals surface area contributed by atoms with Crippen molar-refractivity contribution in [1.29, 1.82) is 0 Å². The molecule has 2 aliphatic heterocycles. The van der Waals surface area contributed by atoms with E-state index < -0.39 is 0 Å². The third-order valence-corrected chi connectivity index (χ3v) is 4.04. The van der Waals surface area contributed by atoms with Crippen molar-refractivity contribution in [2.75, 3.05) is 32.8 Å². The fraction of sp³-hybridized carbons (Fsp3) is 0.923. The van der Waals surface area contributed by atoms with Gasteiger partial charge in [-0.15, -0.1) is 0 Å². The Balaban J connectivity index is 2.01. The molecule has 1 N–H and O–H groups in total. The predicted octanol–water partition coefficient (Wildman–Crippen LogP) is 1.01. The lowest BCUT2D eigenvalue weighted by Gasteiger charge is -2.46. The topological polar surface area (TPSA) is 41.6 Å². The molecule has 17 heavy (non-hydrogen) atoms. The highest BCUT2D eigenvalue weighted by atomic mass is 16.5. The molecule has 0 aromatic rings. The Morgan fingerprint density at radius 3 is 3.06 bits per heavy atom. The van der Waals surface area contributed by atoms with Gasteiger partial charge in [-0.1, -0.05) is 6.92 Å². The summed E-state index contributed by atoms with van der Waals surface area (Å²) in [6, 6.07) is 0. The average Bonchev–Trinajstić information content (AvgIpc) is 2.36. The van der Waals surface area contributed by atoms with Crippen molar-refractivity contribution in [3.05, 3.63) is 0 Å². The molecule has 0 radical (unpaired) electrons. The van der Waals surface area contributed by atoms with Gasteiger partial charge in [0.1, 0.15) is 6.61 Å². The Labute approximate surface area is 104 Å². The minimum atomic E-state index is -0.156. The number of ether oxygens (including phenoxy) is 1. The number of nitrogens with one attached hydrogen (secondary N) is 1. The molecule has 1 amide bonds. The van der Waals surface area contributed by atoms with Gasteiger partial charge in [0.05, 0.1) is 5.60 Å². The second-order valence-electron chi connectivity index (χ2n) is 5.46. The molecule has 0 saturated carbocycles. The van der Waals surface area contributed by atoms with Crippen LogP contribution in [0.2, 0.25) is 0 Å². The van der Waals surface area contributed by atoms with Crippen molar-refractivity contribution in [1.82, 2.24) is 10.2 Å². The van der Waals surface area contributed by atoms with Crippen molar-refractivity contribution in [2.45, 2.75) is 38.7 Å². The summed E-state index contributed by atoms with van der Waals surface area (Å²) in [5, 5.41) is 3.43. The number of morpholine rings is 1. The fourth-order valence-electron chi connectivity index (χ4n) is 2.92. The lowest BCUT2D eigenvalue weighted by atomic mass is 9.82. The second kappa shape index (κ2) is 5.36. The number of hydrogen-bond donors (Lipinski definition) is 1. The van der Waals surface area contributed by atoms with Crippen molar-refractivity contribution in [3.63, 3.8) is 0 Å². The third kappa shape index (κ3) is 2.80. The van der Waals surface area contributed by atoms with Crippen LogP contribution in [0.25, 0.3) is 0 Å². The molecule has 0 spiro atoms. The van der Waals surface area contributed by atoms with Gasteiger partial charge in [-0.3, -0.25) is 4.79 Å². The minimum absolute atomic E-state index is 0.146. The highest BCUT2D eigenvalue weighted by Crippen LogP contribution is 2.31. The van der Waals surface area contributed by atoms with Crippen LogP contribution in [0.4, 0.5) is 0 Å². The first-order chi connectivity index (χ1) is 8.15. The summed E-state index contributed by atoms with van der Waals surface area (Å²) in [5.74, 6) is 0.678. The van der Waals surface area contributed by atoms with E-state index in [1.54, 1.807) is 0 Å². The summed E-state index contributed by atoms with van der Waals surface area (Å²) < 4.78 is 5.86. The van der Waals surface area contributed by atoms with Crippen LogP contribution in [0, 0.1) is 5.92 Å². The van der Waals surface area contributed by atoms with E-state index in [0.717, 1.165) is 32.6 Å². The molecular formula is C13H24N2O2. The van der Waals surface area contributed by atoms with Gasteiger partial charge in [-0.2, -0.15) is 0 Å². The van der Waals surface area contributed by atoms with Crippen LogP contribution < -0.4 is 5.32 Å². The Kier molecular flexibility index (Phi) is 4.05. The lowest BCUT2D eigenvalue weighted by molar-refractivity contribution is -0.171. The zero-order chi connectivity index (χ0) is 12.3. The molecule has 0 aromatic carbocycles. The SMILES string of the molecule is CCCN1CC(C)(C2CCCNC2)OCC1=O. The molecule has 4 heteroatoms. The maximum absolute atomic E-state index is 11.7. The first kappa shape index (κ1) is 12.8. The molecule has 2 atom stereocenters. The summed E-state index contributed by atoms with van der Waals surface area (Å²) in [4.78, 5) is 13.7. The van der Waals surface area contributed by atoms with Crippen molar-refractivity contribution >= 4 is 5.91 Å². The Morgan fingerprint density at radius 2 is 2.41 bits per heavy atom. The number of carbonyl (C=O) groups is 1. The smallest absolute Gasteiger partial charge is 0.248 e. The van der Waals surface area contributed by atoms with Gasteiger partial charge >= 0.3 is 0 Å². The van der Waals surface area contributed by atoms with Crippen molar-refractivity contribution in [2.24, 2.45) is 5.92 Å². The maximum Gasteiger partial charge on any atom is 0.248 e. The predicted molar refractivity (Wildman–Crippen MR) is 66.8 cm³/mol. The zero-order valence-electron chi connectivity index (χ0n) is 11.0. The number of nitrogens with zero attached hydrogens (tertiary/aromatic N) is 1. The molecule has 2 unspecified atom stereocenters. The molecule has 2 aliphatic rings. The van der Waals surface area contributed by atoms with Gasteiger partial charge < -0.3 is 15.0 Å². The molecule has 2 saturated heterocycles. The molecule has 98 valence electrons. The minimum Gasteiger partial charge on any atom is -0.363 e. The van der Waals surface area contributed by atoms with Crippen molar-refractivity contribution < 1.29 is 9.53 Å². The summed E-state index contributed by atoms with van der Waals surface area (Å²) >= 11 is 0. The van der Waals surface area contributed by atoms with Gasteiger partial charge in [0.25, 0.3) is 0 Å². The quantitative estimate of drug-likeness (QED) is 0.800. The number of hydrogen-bond acceptors (Lipinski definition) is 3. The molecular weight excluding hydrogens is 216 g/mol. The van der Waals surface area contributed by atoms with Gasteiger partial charge in [0.2, 0.25) is 5.91 Å². The van der Waals surface area contributed by atoms with E-state index in [-0.39, 0.29) is 18.1 Å².